The predicted octanol–water partition coefficient (Wildman–Crippen LogP) is 5.65. The van der Waals surface area contributed by atoms with Gasteiger partial charge in [0.2, 0.25) is 0 Å². The van der Waals surface area contributed by atoms with Crippen molar-refractivity contribution in [3.63, 3.8) is 0 Å². The minimum atomic E-state index is -3.44. The fraction of sp³-hybridized carbons (Fsp3) is 0.500. The van der Waals surface area contributed by atoms with E-state index in [1.54, 1.807) is 0 Å². The molecule has 0 atom stereocenters. The molecule has 0 unspecified atom stereocenters. The third-order valence-corrected chi connectivity index (χ3v) is 6.97. The van der Waals surface area contributed by atoms with Gasteiger partial charge in [-0.3, -0.25) is 4.18 Å². The maximum absolute atomic E-state index is 12.1. The molecule has 4 heteroatoms. The molecule has 0 radical (unpaired) electrons. The molecule has 28 heavy (non-hydrogen) atoms. The number of benzene rings is 2. The largest absolute Gasteiger partial charge is 0.270 e. The van der Waals surface area contributed by atoms with Gasteiger partial charge in [-0.1, -0.05) is 73.9 Å². The van der Waals surface area contributed by atoms with Gasteiger partial charge in [0.15, 0.2) is 0 Å². The highest BCUT2D eigenvalue weighted by Crippen LogP contribution is 2.34. The van der Waals surface area contributed by atoms with Gasteiger partial charge in [-0.15, -0.1) is 0 Å². The van der Waals surface area contributed by atoms with Crippen molar-refractivity contribution in [2.24, 2.45) is 0 Å². The Morgan fingerprint density at radius 3 is 2.32 bits per heavy atom. The van der Waals surface area contributed by atoms with Crippen molar-refractivity contribution in [1.82, 2.24) is 0 Å². The van der Waals surface area contributed by atoms with E-state index in [9.17, 15) is 8.42 Å². The number of hydrogen-bond acceptors (Lipinski definition) is 3. The lowest BCUT2D eigenvalue weighted by Gasteiger charge is -2.24. The first-order valence-corrected chi connectivity index (χ1v) is 12.2. The van der Waals surface area contributed by atoms with Crippen LogP contribution in [0.5, 0.6) is 0 Å². The van der Waals surface area contributed by atoms with Crippen molar-refractivity contribution < 1.29 is 12.6 Å². The summed E-state index contributed by atoms with van der Waals surface area (Å²) in [6.07, 6.45) is 9.54. The first-order chi connectivity index (χ1) is 13.6. The van der Waals surface area contributed by atoms with E-state index in [1.807, 2.05) is 30.3 Å². The molecular weight excluding hydrogens is 368 g/mol. The molecule has 3 nitrogen and oxygen atoms in total. The van der Waals surface area contributed by atoms with Gasteiger partial charge < -0.3 is 0 Å². The van der Waals surface area contributed by atoms with Crippen LogP contribution >= 0.6 is 0 Å². The molecule has 2 aromatic carbocycles. The van der Waals surface area contributed by atoms with Crippen LogP contribution in [0.3, 0.4) is 0 Å². The highest BCUT2D eigenvalue weighted by molar-refractivity contribution is 7.86. The normalized spacial score (nSPS) is 15.6. The Balaban J connectivity index is 1.41. The van der Waals surface area contributed by atoms with Gasteiger partial charge >= 0.3 is 0 Å². The van der Waals surface area contributed by atoms with Gasteiger partial charge in [-0.25, -0.2) is 0 Å². The first kappa shape index (κ1) is 21.1. The predicted molar refractivity (Wildman–Crippen MR) is 115 cm³/mol. The second kappa shape index (κ2) is 10.8. The van der Waals surface area contributed by atoms with Gasteiger partial charge in [0.1, 0.15) is 0 Å². The molecule has 1 saturated carbocycles. The van der Waals surface area contributed by atoms with Gasteiger partial charge in [0.25, 0.3) is 10.1 Å². The fourth-order valence-electron chi connectivity index (χ4n) is 4.18. The molecule has 0 bridgehead atoms. The minimum Gasteiger partial charge on any atom is -0.270 e. The Bertz CT molecular complexity index is 809. The van der Waals surface area contributed by atoms with E-state index < -0.39 is 10.1 Å². The zero-order valence-corrected chi connectivity index (χ0v) is 17.5. The summed E-state index contributed by atoms with van der Waals surface area (Å²) in [4.78, 5) is 0. The molecule has 0 amide bonds. The summed E-state index contributed by atoms with van der Waals surface area (Å²) in [6.45, 7) is 0.271. The van der Waals surface area contributed by atoms with Gasteiger partial charge in [0.05, 0.1) is 12.4 Å². The molecule has 1 aliphatic rings. The van der Waals surface area contributed by atoms with E-state index in [1.165, 1.54) is 43.2 Å². The fourth-order valence-corrected chi connectivity index (χ4v) is 5.17. The molecule has 0 aliphatic heterocycles. The second-order valence-electron chi connectivity index (χ2n) is 7.81. The molecule has 3 rings (SSSR count). The second-order valence-corrected chi connectivity index (χ2v) is 9.57. The van der Waals surface area contributed by atoms with Crippen molar-refractivity contribution >= 4 is 10.1 Å². The van der Waals surface area contributed by atoms with Gasteiger partial charge in [0, 0.05) is 0 Å². The molecule has 1 aliphatic carbocycles. The van der Waals surface area contributed by atoms with Crippen molar-refractivity contribution in [2.45, 2.75) is 63.7 Å². The lowest BCUT2D eigenvalue weighted by molar-refractivity contribution is 0.311. The maximum Gasteiger partial charge on any atom is 0.267 e. The monoisotopic (exact) mass is 400 g/mol. The summed E-state index contributed by atoms with van der Waals surface area (Å²) in [5.41, 5.74) is 3.99. The van der Waals surface area contributed by atoms with Crippen LogP contribution in [-0.2, 0) is 27.1 Å². The quantitative estimate of drug-likeness (QED) is 0.382. The van der Waals surface area contributed by atoms with Gasteiger partial charge in [-0.2, -0.15) is 8.42 Å². The molecule has 152 valence electrons. The van der Waals surface area contributed by atoms with Crippen LogP contribution in [0.15, 0.2) is 54.6 Å². The molecular formula is C24H32O3S. The molecule has 0 aromatic heterocycles. The topological polar surface area (TPSA) is 43.4 Å². The van der Waals surface area contributed by atoms with Crippen LogP contribution in [0.25, 0.3) is 0 Å². The zero-order chi connectivity index (χ0) is 19.7. The van der Waals surface area contributed by atoms with E-state index in [0.717, 1.165) is 24.8 Å². The van der Waals surface area contributed by atoms with Crippen LogP contribution in [0.4, 0.5) is 0 Å². The van der Waals surface area contributed by atoms with E-state index in [0.29, 0.717) is 12.3 Å². The Hall–Kier alpha value is -1.65. The number of hydrogen-bond donors (Lipinski definition) is 0. The minimum absolute atomic E-state index is 0.0839. The van der Waals surface area contributed by atoms with Crippen LogP contribution in [0.1, 0.15) is 67.6 Å². The average Bonchev–Trinajstić information content (AvgIpc) is 2.73. The summed E-state index contributed by atoms with van der Waals surface area (Å²) in [6, 6.07) is 18.6. The molecule has 0 N–H and O–H groups in total. The molecule has 1 fully saturated rings. The first-order valence-electron chi connectivity index (χ1n) is 10.6. The van der Waals surface area contributed by atoms with Crippen LogP contribution in [0, 0.1) is 0 Å². The van der Waals surface area contributed by atoms with Gasteiger partial charge in [-0.05, 0) is 61.1 Å². The van der Waals surface area contributed by atoms with Crippen molar-refractivity contribution in [3.8, 4) is 0 Å². The van der Waals surface area contributed by atoms with Crippen LogP contribution in [0.2, 0.25) is 0 Å². The lowest BCUT2D eigenvalue weighted by atomic mass is 9.81. The number of aryl methyl sites for hydroxylation is 2. The Morgan fingerprint density at radius 2 is 1.54 bits per heavy atom. The van der Waals surface area contributed by atoms with Crippen LogP contribution < -0.4 is 0 Å². The van der Waals surface area contributed by atoms with E-state index in [2.05, 4.69) is 24.3 Å². The molecule has 0 saturated heterocycles. The van der Waals surface area contributed by atoms with E-state index in [4.69, 9.17) is 4.18 Å². The van der Waals surface area contributed by atoms with Crippen molar-refractivity contribution in [2.75, 3.05) is 12.4 Å². The summed E-state index contributed by atoms with van der Waals surface area (Å²) in [7, 11) is -3.44. The van der Waals surface area contributed by atoms with Crippen molar-refractivity contribution in [3.05, 3.63) is 71.3 Å². The Labute approximate surface area is 170 Å². The highest BCUT2D eigenvalue weighted by Gasteiger charge is 2.18. The Kier molecular flexibility index (Phi) is 8.11. The van der Waals surface area contributed by atoms with Crippen LogP contribution in [-0.4, -0.2) is 20.8 Å². The SMILES string of the molecule is O=S(=O)(CCCc1ccccc1)OCCCc1ccccc1C1CCCCC1. The molecule has 2 aromatic rings. The molecule has 0 spiro atoms. The summed E-state index contributed by atoms with van der Waals surface area (Å²) in [5.74, 6) is 0.758. The maximum atomic E-state index is 12.1. The third kappa shape index (κ3) is 6.75. The smallest absolute Gasteiger partial charge is 0.267 e. The third-order valence-electron chi connectivity index (χ3n) is 5.66. The average molecular weight is 401 g/mol. The molecule has 0 heterocycles. The summed E-state index contributed by atoms with van der Waals surface area (Å²) in [5, 5.41) is 0. The van der Waals surface area contributed by atoms with E-state index in [-0.39, 0.29) is 12.4 Å². The number of rotatable bonds is 10. The summed E-state index contributed by atoms with van der Waals surface area (Å²) >= 11 is 0. The Morgan fingerprint density at radius 1 is 0.821 bits per heavy atom. The summed E-state index contributed by atoms with van der Waals surface area (Å²) < 4.78 is 29.5. The zero-order valence-electron chi connectivity index (χ0n) is 16.7. The highest BCUT2D eigenvalue weighted by atomic mass is 32.2. The van der Waals surface area contributed by atoms with Crippen molar-refractivity contribution in [1.29, 1.82) is 0 Å². The lowest BCUT2D eigenvalue weighted by Crippen LogP contribution is -2.13. The van der Waals surface area contributed by atoms with E-state index >= 15 is 0 Å². The standard InChI is InChI=1S/C24H32O3S/c25-28(26,20-10-13-21-11-3-1-4-12-21)27-19-9-17-23-16-7-8-18-24(23)22-14-5-2-6-15-22/h1,3-4,7-8,11-12,16,18,22H,2,5-6,9-10,13-15,17,19-20H2.